The van der Waals surface area contributed by atoms with Crippen LogP contribution in [0.25, 0.3) is 0 Å². The molecule has 160 valence electrons. The number of nitrogens with one attached hydrogen (secondary N) is 1. The quantitative estimate of drug-likeness (QED) is 0.474. The summed E-state index contributed by atoms with van der Waals surface area (Å²) < 4.78 is 10.6. The number of aryl methyl sites for hydroxylation is 1. The molecule has 1 amide bonds. The molecule has 0 atom stereocenters. The third-order valence-electron chi connectivity index (χ3n) is 4.51. The number of carbonyl (C=O) groups excluding carboxylic acids is 1. The van der Waals surface area contributed by atoms with Gasteiger partial charge in [-0.05, 0) is 18.9 Å². The van der Waals surface area contributed by atoms with E-state index in [0.717, 1.165) is 24.3 Å². The molecule has 3 rings (SSSR count). The second kappa shape index (κ2) is 10.4. The molecule has 0 radical (unpaired) electrons. The topological polar surface area (TPSA) is 92.2 Å². The fraction of sp³-hybridized carbons (Fsp3) is 0.429. The molecule has 1 aromatic heterocycles. The Bertz CT molecular complexity index is 889. The van der Waals surface area contributed by atoms with Crippen LogP contribution in [0.15, 0.2) is 35.4 Å². The van der Waals surface area contributed by atoms with Gasteiger partial charge in [0.15, 0.2) is 5.82 Å². The summed E-state index contributed by atoms with van der Waals surface area (Å²) in [6.45, 7) is 6.68. The van der Waals surface area contributed by atoms with Gasteiger partial charge in [0.2, 0.25) is 0 Å². The molecule has 30 heavy (non-hydrogen) atoms. The molecule has 1 aromatic carbocycles. The number of aromatic nitrogens is 2. The van der Waals surface area contributed by atoms with Crippen LogP contribution in [-0.4, -0.2) is 67.1 Å². The molecule has 0 unspecified atom stereocenters. The molecule has 2 aromatic rings. The van der Waals surface area contributed by atoms with Gasteiger partial charge in [0.05, 0.1) is 19.3 Å². The van der Waals surface area contributed by atoms with Gasteiger partial charge in [0.25, 0.3) is 0 Å². The van der Waals surface area contributed by atoms with Crippen LogP contribution in [-0.2, 0) is 4.74 Å². The van der Waals surface area contributed by atoms with Crippen molar-refractivity contribution >= 4 is 23.9 Å². The molecule has 1 aliphatic rings. The van der Waals surface area contributed by atoms with Gasteiger partial charge < -0.3 is 19.3 Å². The summed E-state index contributed by atoms with van der Waals surface area (Å²) >= 11 is 0. The lowest BCUT2D eigenvalue weighted by atomic mass is 10.2. The fourth-order valence-electron chi connectivity index (χ4n) is 2.98. The Kier molecular flexibility index (Phi) is 7.42. The molecule has 9 heteroatoms. The van der Waals surface area contributed by atoms with Gasteiger partial charge in [-0.1, -0.05) is 36.8 Å². The number of hydrogen-bond acceptors (Lipinski definition) is 8. The van der Waals surface area contributed by atoms with Crippen molar-refractivity contribution in [2.45, 2.75) is 20.3 Å². The van der Waals surface area contributed by atoms with E-state index in [1.54, 1.807) is 11.1 Å². The van der Waals surface area contributed by atoms with Crippen molar-refractivity contribution in [1.29, 1.82) is 0 Å². The van der Waals surface area contributed by atoms with E-state index in [-0.39, 0.29) is 18.7 Å². The van der Waals surface area contributed by atoms with Crippen LogP contribution < -0.4 is 15.1 Å². The number of ether oxygens (including phenoxy) is 2. The van der Waals surface area contributed by atoms with E-state index in [1.807, 2.05) is 49.2 Å². The zero-order chi connectivity index (χ0) is 21.3. The standard InChI is InChI=1S/C21H28N6O3/c1-4-8-26(3)19-14-18(25-22-15-17-7-5-6-16(2)13-17)23-20(24-19)29-11-9-27-10-12-30-21(27)28/h5-7,13-15H,4,8-12H2,1-3H3,(H,23,24,25)/b22-15+. The summed E-state index contributed by atoms with van der Waals surface area (Å²) in [5.41, 5.74) is 5.12. The number of hydrazone groups is 1. The van der Waals surface area contributed by atoms with Gasteiger partial charge in [-0.25, -0.2) is 4.79 Å². The van der Waals surface area contributed by atoms with Crippen molar-refractivity contribution in [3.63, 3.8) is 0 Å². The molecule has 1 N–H and O–H groups in total. The van der Waals surface area contributed by atoms with Crippen molar-refractivity contribution in [2.24, 2.45) is 5.10 Å². The van der Waals surface area contributed by atoms with Crippen LogP contribution in [0.4, 0.5) is 16.4 Å². The number of cyclic esters (lactones) is 1. The Morgan fingerprint density at radius 1 is 1.37 bits per heavy atom. The average molecular weight is 412 g/mol. The number of benzene rings is 1. The molecule has 0 bridgehead atoms. The first-order valence-electron chi connectivity index (χ1n) is 10.1. The Balaban J connectivity index is 1.68. The van der Waals surface area contributed by atoms with Gasteiger partial charge in [-0.15, -0.1) is 0 Å². The third-order valence-corrected chi connectivity index (χ3v) is 4.51. The first-order valence-corrected chi connectivity index (χ1v) is 10.1. The largest absolute Gasteiger partial charge is 0.461 e. The predicted octanol–water partition coefficient (Wildman–Crippen LogP) is 2.91. The molecule has 1 saturated heterocycles. The Labute approximate surface area is 176 Å². The van der Waals surface area contributed by atoms with Gasteiger partial charge in [0, 0.05) is 19.7 Å². The highest BCUT2D eigenvalue weighted by atomic mass is 16.6. The Hall–Kier alpha value is -3.36. The van der Waals surface area contributed by atoms with Gasteiger partial charge in [0.1, 0.15) is 19.0 Å². The first kappa shape index (κ1) is 21.4. The highest BCUT2D eigenvalue weighted by molar-refractivity contribution is 5.80. The zero-order valence-corrected chi connectivity index (χ0v) is 17.7. The Morgan fingerprint density at radius 3 is 2.97 bits per heavy atom. The molecule has 9 nitrogen and oxygen atoms in total. The van der Waals surface area contributed by atoms with Crippen molar-refractivity contribution in [1.82, 2.24) is 14.9 Å². The predicted molar refractivity (Wildman–Crippen MR) is 116 cm³/mol. The van der Waals surface area contributed by atoms with E-state index in [0.29, 0.717) is 25.5 Å². The maximum absolute atomic E-state index is 11.5. The molecule has 1 aliphatic heterocycles. The zero-order valence-electron chi connectivity index (χ0n) is 17.7. The summed E-state index contributed by atoms with van der Waals surface area (Å²) in [6, 6.07) is 10.1. The second-order valence-corrected chi connectivity index (χ2v) is 7.05. The van der Waals surface area contributed by atoms with Crippen molar-refractivity contribution in [3.8, 4) is 6.01 Å². The smallest absolute Gasteiger partial charge is 0.410 e. The van der Waals surface area contributed by atoms with E-state index >= 15 is 0 Å². The highest BCUT2D eigenvalue weighted by Crippen LogP contribution is 2.19. The SMILES string of the molecule is CCCN(C)c1cc(N/N=C/c2cccc(C)c2)nc(OCCN2CCOC2=O)n1. The van der Waals surface area contributed by atoms with Crippen LogP contribution in [0, 0.1) is 6.92 Å². The summed E-state index contributed by atoms with van der Waals surface area (Å²) in [6.07, 6.45) is 2.41. The minimum absolute atomic E-state index is 0.233. The first-order chi connectivity index (χ1) is 14.5. The Morgan fingerprint density at radius 2 is 2.23 bits per heavy atom. The van der Waals surface area contributed by atoms with Crippen LogP contribution in [0.1, 0.15) is 24.5 Å². The van der Waals surface area contributed by atoms with Crippen molar-refractivity contribution < 1.29 is 14.3 Å². The molecule has 1 fully saturated rings. The lowest BCUT2D eigenvalue weighted by molar-refractivity contribution is 0.152. The van der Waals surface area contributed by atoms with Crippen LogP contribution in [0.5, 0.6) is 6.01 Å². The van der Waals surface area contributed by atoms with Crippen LogP contribution >= 0.6 is 0 Å². The lowest BCUT2D eigenvalue weighted by Crippen LogP contribution is -2.29. The number of rotatable bonds is 10. The molecule has 0 spiro atoms. The van der Waals surface area contributed by atoms with Gasteiger partial charge in [-0.2, -0.15) is 15.1 Å². The summed E-state index contributed by atoms with van der Waals surface area (Å²) in [5.74, 6) is 1.26. The molecule has 0 saturated carbocycles. The minimum Gasteiger partial charge on any atom is -0.461 e. The summed E-state index contributed by atoms with van der Waals surface area (Å²) in [7, 11) is 1.97. The van der Waals surface area contributed by atoms with E-state index in [2.05, 4.69) is 27.4 Å². The highest BCUT2D eigenvalue weighted by Gasteiger charge is 2.21. The van der Waals surface area contributed by atoms with E-state index < -0.39 is 0 Å². The fourth-order valence-corrected chi connectivity index (χ4v) is 2.98. The maximum atomic E-state index is 11.5. The molecular formula is C21H28N6O3. The number of anilines is 2. The molecular weight excluding hydrogens is 384 g/mol. The number of carbonyl (C=O) groups is 1. The van der Waals surface area contributed by atoms with Crippen molar-refractivity contribution in [3.05, 3.63) is 41.5 Å². The third kappa shape index (κ3) is 6.07. The monoisotopic (exact) mass is 412 g/mol. The summed E-state index contributed by atoms with van der Waals surface area (Å²) in [4.78, 5) is 24.0. The van der Waals surface area contributed by atoms with E-state index in [4.69, 9.17) is 9.47 Å². The van der Waals surface area contributed by atoms with Gasteiger partial charge in [-0.3, -0.25) is 5.43 Å². The van der Waals surface area contributed by atoms with E-state index in [9.17, 15) is 4.79 Å². The average Bonchev–Trinajstić information content (AvgIpc) is 3.13. The number of nitrogens with zero attached hydrogens (tertiary/aromatic N) is 5. The van der Waals surface area contributed by atoms with Gasteiger partial charge >= 0.3 is 12.1 Å². The van der Waals surface area contributed by atoms with E-state index in [1.165, 1.54) is 5.56 Å². The lowest BCUT2D eigenvalue weighted by Gasteiger charge is -2.19. The summed E-state index contributed by atoms with van der Waals surface area (Å²) in [5, 5.41) is 4.28. The molecule has 0 aliphatic carbocycles. The normalized spacial score (nSPS) is 13.6. The minimum atomic E-state index is -0.316. The van der Waals surface area contributed by atoms with Crippen LogP contribution in [0.3, 0.4) is 0 Å². The van der Waals surface area contributed by atoms with Crippen LogP contribution in [0.2, 0.25) is 0 Å². The molecule has 2 heterocycles. The number of hydrogen-bond donors (Lipinski definition) is 1. The second-order valence-electron chi connectivity index (χ2n) is 7.05. The van der Waals surface area contributed by atoms with Crippen molar-refractivity contribution in [2.75, 3.05) is 50.2 Å². The maximum Gasteiger partial charge on any atom is 0.410 e. The number of amides is 1.